The summed E-state index contributed by atoms with van der Waals surface area (Å²) in [7, 11) is 0. The molecule has 2 aromatic heterocycles. The first kappa shape index (κ1) is 25.2. The molecular formula is C23H30FIN6O2. The first-order valence-corrected chi connectivity index (χ1v) is 10.9. The summed E-state index contributed by atoms with van der Waals surface area (Å²) in [5.74, 6) is 1.41. The van der Waals surface area contributed by atoms with Gasteiger partial charge in [0, 0.05) is 45.3 Å². The quantitative estimate of drug-likeness (QED) is 0.235. The zero-order chi connectivity index (χ0) is 22.0. The van der Waals surface area contributed by atoms with E-state index in [0.29, 0.717) is 13.1 Å². The van der Waals surface area contributed by atoms with Gasteiger partial charge in [-0.05, 0) is 42.5 Å². The van der Waals surface area contributed by atoms with E-state index in [1.54, 1.807) is 23.1 Å². The number of ether oxygens (including phenoxy) is 1. The average molecular weight is 568 g/mol. The van der Waals surface area contributed by atoms with Crippen molar-refractivity contribution in [3.05, 3.63) is 72.2 Å². The van der Waals surface area contributed by atoms with E-state index in [1.807, 2.05) is 24.4 Å². The number of hydrogen-bond donors (Lipinski definition) is 2. The van der Waals surface area contributed by atoms with Crippen LogP contribution in [0.1, 0.15) is 11.5 Å². The zero-order valence-electron chi connectivity index (χ0n) is 18.5. The van der Waals surface area contributed by atoms with Gasteiger partial charge in [-0.2, -0.15) is 5.10 Å². The van der Waals surface area contributed by atoms with Crippen LogP contribution in [-0.4, -0.2) is 66.6 Å². The minimum absolute atomic E-state index is 0. The van der Waals surface area contributed by atoms with E-state index in [9.17, 15) is 4.39 Å². The van der Waals surface area contributed by atoms with E-state index in [1.165, 1.54) is 12.1 Å². The summed E-state index contributed by atoms with van der Waals surface area (Å²) < 4.78 is 25.7. The highest BCUT2D eigenvalue weighted by molar-refractivity contribution is 14.0. The Morgan fingerprint density at radius 3 is 2.61 bits per heavy atom. The predicted octanol–water partition coefficient (Wildman–Crippen LogP) is 2.83. The van der Waals surface area contributed by atoms with Crippen LogP contribution in [0.2, 0.25) is 0 Å². The molecule has 3 aromatic rings. The van der Waals surface area contributed by atoms with Gasteiger partial charge in [0.05, 0.1) is 37.4 Å². The third-order valence-electron chi connectivity index (χ3n) is 5.20. The van der Waals surface area contributed by atoms with Crippen molar-refractivity contribution in [3.8, 4) is 5.69 Å². The lowest BCUT2D eigenvalue weighted by molar-refractivity contribution is 0.0389. The number of hydrogen-bond acceptors (Lipinski definition) is 5. The molecule has 1 aliphatic heterocycles. The number of furan rings is 1. The largest absolute Gasteiger partial charge is 0.469 e. The standard InChI is InChI=1S/C23H29FN6O2.HI/c24-19-3-5-21(6-4-19)30-11-8-20(28-30)18-27-23(25-9-7-22-2-1-15-32-22)26-10-12-29-13-16-31-17-14-29;/h1-6,8,11,15H,7,9-10,12-14,16-18H2,(H2,25,26,27);1H. The van der Waals surface area contributed by atoms with Crippen molar-refractivity contribution < 1.29 is 13.5 Å². The molecule has 0 radical (unpaired) electrons. The van der Waals surface area contributed by atoms with Crippen molar-refractivity contribution in [1.29, 1.82) is 0 Å². The van der Waals surface area contributed by atoms with Gasteiger partial charge in [-0.3, -0.25) is 4.90 Å². The van der Waals surface area contributed by atoms with Crippen LogP contribution in [0.5, 0.6) is 0 Å². The van der Waals surface area contributed by atoms with Gasteiger partial charge in [-0.25, -0.2) is 14.1 Å². The minimum Gasteiger partial charge on any atom is -0.469 e. The van der Waals surface area contributed by atoms with Gasteiger partial charge in [0.25, 0.3) is 0 Å². The summed E-state index contributed by atoms with van der Waals surface area (Å²) in [6.07, 6.45) is 4.31. The number of aliphatic imine (C=N–C) groups is 1. The topological polar surface area (TPSA) is 79.9 Å². The van der Waals surface area contributed by atoms with Crippen LogP contribution in [0.4, 0.5) is 4.39 Å². The number of halogens is 2. The molecule has 4 rings (SSSR count). The number of aromatic nitrogens is 2. The third-order valence-corrected chi connectivity index (χ3v) is 5.20. The van der Waals surface area contributed by atoms with Crippen LogP contribution in [0.3, 0.4) is 0 Å². The summed E-state index contributed by atoms with van der Waals surface area (Å²) in [5.41, 5.74) is 1.64. The van der Waals surface area contributed by atoms with Crippen molar-refractivity contribution in [1.82, 2.24) is 25.3 Å². The Labute approximate surface area is 210 Å². The second kappa shape index (κ2) is 13.3. The molecule has 2 N–H and O–H groups in total. The number of guanidine groups is 1. The van der Waals surface area contributed by atoms with Gasteiger partial charge in [-0.1, -0.05) is 0 Å². The van der Waals surface area contributed by atoms with Crippen molar-refractivity contribution in [2.45, 2.75) is 13.0 Å². The summed E-state index contributed by atoms with van der Waals surface area (Å²) in [4.78, 5) is 7.08. The fourth-order valence-corrected chi connectivity index (χ4v) is 3.43. The molecule has 8 nitrogen and oxygen atoms in total. The summed E-state index contributed by atoms with van der Waals surface area (Å²) >= 11 is 0. The molecule has 0 saturated carbocycles. The number of nitrogens with one attached hydrogen (secondary N) is 2. The molecule has 33 heavy (non-hydrogen) atoms. The third kappa shape index (κ3) is 8.13. The van der Waals surface area contributed by atoms with Crippen molar-refractivity contribution in [3.63, 3.8) is 0 Å². The van der Waals surface area contributed by atoms with Crippen molar-refractivity contribution >= 4 is 29.9 Å². The highest BCUT2D eigenvalue weighted by atomic mass is 127. The number of morpholine rings is 1. The average Bonchev–Trinajstić information content (AvgIpc) is 3.51. The number of rotatable bonds is 9. The predicted molar refractivity (Wildman–Crippen MR) is 136 cm³/mol. The minimum atomic E-state index is -0.265. The van der Waals surface area contributed by atoms with Gasteiger partial charge in [0.2, 0.25) is 0 Å². The molecule has 0 bridgehead atoms. The first-order valence-electron chi connectivity index (χ1n) is 10.9. The van der Waals surface area contributed by atoms with Crippen molar-refractivity contribution in [2.75, 3.05) is 45.9 Å². The van der Waals surface area contributed by atoms with E-state index in [4.69, 9.17) is 14.1 Å². The van der Waals surface area contributed by atoms with Gasteiger partial charge < -0.3 is 19.8 Å². The molecule has 0 aliphatic carbocycles. The molecule has 0 unspecified atom stereocenters. The second-order valence-electron chi connectivity index (χ2n) is 7.53. The Bertz CT molecular complexity index is 971. The molecule has 1 aliphatic rings. The molecule has 178 valence electrons. The van der Waals surface area contributed by atoms with E-state index < -0.39 is 0 Å². The molecule has 0 amide bonds. The monoisotopic (exact) mass is 568 g/mol. The fraction of sp³-hybridized carbons (Fsp3) is 0.391. The molecule has 0 spiro atoms. The smallest absolute Gasteiger partial charge is 0.191 e. The number of nitrogens with zero attached hydrogens (tertiary/aromatic N) is 4. The summed E-state index contributed by atoms with van der Waals surface area (Å²) in [6.45, 7) is 6.36. The van der Waals surface area contributed by atoms with Crippen LogP contribution >= 0.6 is 24.0 Å². The van der Waals surface area contributed by atoms with Crippen LogP contribution in [-0.2, 0) is 17.7 Å². The Hall–Kier alpha value is -2.44. The van der Waals surface area contributed by atoms with E-state index in [-0.39, 0.29) is 29.8 Å². The number of benzene rings is 1. The summed E-state index contributed by atoms with van der Waals surface area (Å²) in [5, 5.41) is 11.3. The molecule has 1 saturated heterocycles. The normalized spacial score (nSPS) is 14.6. The molecule has 0 atom stereocenters. The SMILES string of the molecule is Fc1ccc(-n2ccc(CN=C(NCCc3ccco3)NCCN3CCOCC3)n2)cc1.I. The fourth-order valence-electron chi connectivity index (χ4n) is 3.43. The maximum absolute atomic E-state index is 13.2. The maximum Gasteiger partial charge on any atom is 0.191 e. The van der Waals surface area contributed by atoms with Crippen LogP contribution in [0.15, 0.2) is 64.3 Å². The van der Waals surface area contributed by atoms with Gasteiger partial charge in [0.15, 0.2) is 5.96 Å². The summed E-state index contributed by atoms with van der Waals surface area (Å²) in [6, 6.07) is 12.0. The highest BCUT2D eigenvalue weighted by Gasteiger charge is 2.10. The van der Waals surface area contributed by atoms with E-state index in [2.05, 4.69) is 20.6 Å². The van der Waals surface area contributed by atoms with Crippen LogP contribution in [0.25, 0.3) is 5.69 Å². The molecule has 3 heterocycles. The second-order valence-corrected chi connectivity index (χ2v) is 7.53. The molecule has 1 fully saturated rings. The van der Waals surface area contributed by atoms with Gasteiger partial charge >= 0.3 is 0 Å². The molecule has 1 aromatic carbocycles. The lowest BCUT2D eigenvalue weighted by Gasteiger charge is -2.26. The van der Waals surface area contributed by atoms with Gasteiger partial charge in [0.1, 0.15) is 11.6 Å². The first-order chi connectivity index (χ1) is 15.8. The maximum atomic E-state index is 13.2. The zero-order valence-corrected chi connectivity index (χ0v) is 20.8. The highest BCUT2D eigenvalue weighted by Crippen LogP contribution is 2.09. The lowest BCUT2D eigenvalue weighted by Crippen LogP contribution is -2.44. The molecule has 10 heteroatoms. The van der Waals surface area contributed by atoms with Crippen LogP contribution < -0.4 is 10.6 Å². The Morgan fingerprint density at radius 2 is 1.85 bits per heavy atom. The lowest BCUT2D eigenvalue weighted by atomic mass is 10.3. The Kier molecular flexibility index (Phi) is 10.2. The van der Waals surface area contributed by atoms with Gasteiger partial charge in [-0.15, -0.1) is 24.0 Å². The Balaban J connectivity index is 0.00000306. The van der Waals surface area contributed by atoms with E-state index in [0.717, 1.165) is 68.9 Å². The van der Waals surface area contributed by atoms with E-state index >= 15 is 0 Å². The molecular weight excluding hydrogens is 538 g/mol. The van der Waals surface area contributed by atoms with Crippen LogP contribution in [0, 0.1) is 5.82 Å². The van der Waals surface area contributed by atoms with Crippen molar-refractivity contribution in [2.24, 2.45) is 4.99 Å². The Morgan fingerprint density at radius 1 is 1.06 bits per heavy atom.